The number of rotatable bonds is 3. The monoisotopic (exact) mass is 246 g/mol. The van der Waals surface area contributed by atoms with E-state index in [1.165, 1.54) is 17.8 Å². The summed E-state index contributed by atoms with van der Waals surface area (Å²) in [6, 6.07) is 7.87. The topological polar surface area (TPSA) is 48.1 Å². The number of nitrogen functional groups attached to an aromatic ring is 1. The van der Waals surface area contributed by atoms with Crippen LogP contribution >= 0.6 is 11.3 Å². The molecule has 1 fully saturated rings. The lowest BCUT2D eigenvalue weighted by molar-refractivity contribution is 0.416. The van der Waals surface area contributed by atoms with Crippen molar-refractivity contribution in [2.24, 2.45) is 0 Å². The molecule has 0 saturated heterocycles. The van der Waals surface area contributed by atoms with E-state index in [4.69, 9.17) is 10.5 Å². The van der Waals surface area contributed by atoms with Crippen molar-refractivity contribution in [3.8, 4) is 17.0 Å². The summed E-state index contributed by atoms with van der Waals surface area (Å²) in [5.41, 5.74) is 7.91. The molecule has 0 spiro atoms. The molecule has 3 nitrogen and oxygen atoms in total. The number of anilines is 1. The summed E-state index contributed by atoms with van der Waals surface area (Å²) >= 11 is 1.61. The Balaban J connectivity index is 2.07. The molecular weight excluding hydrogens is 232 g/mol. The fourth-order valence-electron chi connectivity index (χ4n) is 1.89. The zero-order valence-electron chi connectivity index (χ0n) is 9.64. The van der Waals surface area contributed by atoms with E-state index in [-0.39, 0.29) is 0 Å². The van der Waals surface area contributed by atoms with Crippen LogP contribution in [0.3, 0.4) is 0 Å². The van der Waals surface area contributed by atoms with Crippen LogP contribution in [0.15, 0.2) is 24.3 Å². The van der Waals surface area contributed by atoms with E-state index in [0.29, 0.717) is 5.92 Å². The first-order chi connectivity index (χ1) is 8.29. The molecule has 3 rings (SSSR count). The molecule has 1 aliphatic carbocycles. The Labute approximate surface area is 104 Å². The molecule has 1 saturated carbocycles. The van der Waals surface area contributed by atoms with Crippen molar-refractivity contribution in [1.82, 2.24) is 4.98 Å². The minimum Gasteiger partial charge on any atom is -0.496 e. The smallest absolute Gasteiger partial charge is 0.128 e. The molecular formula is C13H14N2OS. The van der Waals surface area contributed by atoms with Gasteiger partial charge < -0.3 is 10.5 Å². The maximum Gasteiger partial charge on any atom is 0.128 e. The maximum absolute atomic E-state index is 6.06. The van der Waals surface area contributed by atoms with Crippen molar-refractivity contribution in [1.29, 1.82) is 0 Å². The molecule has 88 valence electrons. The maximum atomic E-state index is 6.06. The quantitative estimate of drug-likeness (QED) is 0.904. The zero-order valence-corrected chi connectivity index (χ0v) is 10.5. The Hall–Kier alpha value is -1.55. The molecule has 2 N–H and O–H groups in total. The van der Waals surface area contributed by atoms with E-state index in [1.807, 2.05) is 24.3 Å². The summed E-state index contributed by atoms with van der Waals surface area (Å²) in [6.07, 6.45) is 2.50. The largest absolute Gasteiger partial charge is 0.496 e. The minimum atomic E-state index is 0.644. The van der Waals surface area contributed by atoms with E-state index in [1.54, 1.807) is 18.4 Å². The van der Waals surface area contributed by atoms with Crippen LogP contribution < -0.4 is 10.5 Å². The molecule has 0 radical (unpaired) electrons. The molecule has 0 bridgehead atoms. The van der Waals surface area contributed by atoms with Crippen LogP contribution in [0.2, 0.25) is 0 Å². The Morgan fingerprint density at radius 2 is 2.12 bits per heavy atom. The van der Waals surface area contributed by atoms with E-state index in [9.17, 15) is 0 Å². The van der Waals surface area contributed by atoms with Gasteiger partial charge in [0.2, 0.25) is 0 Å². The van der Waals surface area contributed by atoms with Gasteiger partial charge in [-0.25, -0.2) is 4.98 Å². The second-order valence-electron chi connectivity index (χ2n) is 4.24. The Morgan fingerprint density at radius 3 is 2.82 bits per heavy atom. The molecule has 17 heavy (non-hydrogen) atoms. The first-order valence-electron chi connectivity index (χ1n) is 5.69. The third kappa shape index (κ3) is 1.89. The number of ether oxygens (including phenoxy) is 1. The summed E-state index contributed by atoms with van der Waals surface area (Å²) in [5.74, 6) is 1.47. The number of nitrogens with two attached hydrogens (primary N) is 1. The molecule has 2 aromatic rings. The molecule has 0 amide bonds. The normalized spacial score (nSPS) is 14.9. The van der Waals surface area contributed by atoms with Crippen molar-refractivity contribution in [2.75, 3.05) is 12.8 Å². The Bertz CT molecular complexity index is 546. The molecule has 0 unspecified atom stereocenters. The number of para-hydroxylation sites is 1. The molecule has 1 heterocycles. The van der Waals surface area contributed by atoms with Gasteiger partial charge in [-0.05, 0) is 25.0 Å². The van der Waals surface area contributed by atoms with Crippen molar-refractivity contribution in [3.05, 3.63) is 29.3 Å². The highest BCUT2D eigenvalue weighted by Gasteiger charge is 2.28. The van der Waals surface area contributed by atoms with Crippen molar-refractivity contribution in [3.63, 3.8) is 0 Å². The van der Waals surface area contributed by atoms with Gasteiger partial charge in [0.25, 0.3) is 0 Å². The highest BCUT2D eigenvalue weighted by molar-refractivity contribution is 7.16. The average Bonchev–Trinajstić information content (AvgIpc) is 3.13. The van der Waals surface area contributed by atoms with Crippen LogP contribution in [0.25, 0.3) is 11.3 Å². The van der Waals surface area contributed by atoms with Gasteiger partial charge in [-0.3, -0.25) is 0 Å². The third-order valence-corrected chi connectivity index (χ3v) is 4.01. The van der Waals surface area contributed by atoms with Gasteiger partial charge in [0, 0.05) is 11.5 Å². The van der Waals surface area contributed by atoms with Gasteiger partial charge in [-0.1, -0.05) is 12.1 Å². The summed E-state index contributed by atoms with van der Waals surface area (Å²) < 4.78 is 5.35. The second kappa shape index (κ2) is 4.04. The van der Waals surface area contributed by atoms with E-state index in [0.717, 1.165) is 22.0 Å². The molecule has 1 aliphatic rings. The van der Waals surface area contributed by atoms with Gasteiger partial charge >= 0.3 is 0 Å². The van der Waals surface area contributed by atoms with E-state index < -0.39 is 0 Å². The Morgan fingerprint density at radius 1 is 1.35 bits per heavy atom. The van der Waals surface area contributed by atoms with E-state index >= 15 is 0 Å². The number of benzene rings is 1. The highest BCUT2D eigenvalue weighted by Crippen LogP contribution is 2.46. The van der Waals surface area contributed by atoms with Crippen LogP contribution in [0.1, 0.15) is 23.8 Å². The predicted molar refractivity (Wildman–Crippen MR) is 70.5 cm³/mol. The van der Waals surface area contributed by atoms with Crippen LogP contribution in [0.5, 0.6) is 5.75 Å². The van der Waals surface area contributed by atoms with Crippen molar-refractivity contribution in [2.45, 2.75) is 18.8 Å². The summed E-state index contributed by atoms with van der Waals surface area (Å²) in [4.78, 5) is 4.66. The summed E-state index contributed by atoms with van der Waals surface area (Å²) in [7, 11) is 1.67. The number of hydrogen-bond donors (Lipinski definition) is 1. The molecule has 1 aromatic carbocycles. The molecule has 0 aliphatic heterocycles. The number of thiazole rings is 1. The van der Waals surface area contributed by atoms with Gasteiger partial charge in [0.1, 0.15) is 16.4 Å². The van der Waals surface area contributed by atoms with Crippen molar-refractivity contribution < 1.29 is 4.74 Å². The van der Waals surface area contributed by atoms with Crippen molar-refractivity contribution >= 4 is 16.3 Å². The molecule has 4 heteroatoms. The van der Waals surface area contributed by atoms with E-state index in [2.05, 4.69) is 4.98 Å². The fourth-order valence-corrected chi connectivity index (χ4v) is 2.90. The zero-order chi connectivity index (χ0) is 11.8. The van der Waals surface area contributed by atoms with Gasteiger partial charge in [0.15, 0.2) is 0 Å². The second-order valence-corrected chi connectivity index (χ2v) is 5.30. The van der Waals surface area contributed by atoms with Gasteiger partial charge in [-0.15, -0.1) is 11.3 Å². The van der Waals surface area contributed by atoms with Crippen LogP contribution in [-0.2, 0) is 0 Å². The first-order valence-corrected chi connectivity index (χ1v) is 6.51. The number of methoxy groups -OCH3 is 1. The average molecular weight is 246 g/mol. The predicted octanol–water partition coefficient (Wildman–Crippen LogP) is 3.28. The number of hydrogen-bond acceptors (Lipinski definition) is 4. The van der Waals surface area contributed by atoms with Crippen LogP contribution in [0.4, 0.5) is 5.00 Å². The lowest BCUT2D eigenvalue weighted by Gasteiger charge is -2.05. The summed E-state index contributed by atoms with van der Waals surface area (Å²) in [5, 5.41) is 1.96. The van der Waals surface area contributed by atoms with Gasteiger partial charge in [-0.2, -0.15) is 0 Å². The fraction of sp³-hybridized carbons (Fsp3) is 0.308. The molecule has 1 aromatic heterocycles. The SMILES string of the molecule is COc1ccccc1-c1nc(C2CC2)sc1N. The summed E-state index contributed by atoms with van der Waals surface area (Å²) in [6.45, 7) is 0. The lowest BCUT2D eigenvalue weighted by Crippen LogP contribution is -1.91. The Kier molecular flexibility index (Phi) is 2.52. The number of nitrogens with zero attached hydrogens (tertiary/aromatic N) is 1. The highest BCUT2D eigenvalue weighted by atomic mass is 32.1. The molecule has 0 atom stereocenters. The minimum absolute atomic E-state index is 0.644. The van der Waals surface area contributed by atoms with Gasteiger partial charge in [0.05, 0.1) is 12.1 Å². The first kappa shape index (κ1) is 10.6. The lowest BCUT2D eigenvalue weighted by atomic mass is 10.1. The van der Waals surface area contributed by atoms with Crippen LogP contribution in [0, 0.1) is 0 Å². The number of aromatic nitrogens is 1. The third-order valence-electron chi connectivity index (χ3n) is 2.96. The van der Waals surface area contributed by atoms with Crippen LogP contribution in [-0.4, -0.2) is 12.1 Å². The standard InChI is InChI=1S/C13H14N2OS/c1-16-10-5-3-2-4-9(10)11-12(14)17-13(15-11)8-6-7-8/h2-5,8H,6-7,14H2,1H3.